The summed E-state index contributed by atoms with van der Waals surface area (Å²) in [6.07, 6.45) is -2.57. The van der Waals surface area contributed by atoms with Gasteiger partial charge in [0, 0.05) is 102 Å². The maximum Gasteiger partial charge on any atom is 0.351 e. The van der Waals surface area contributed by atoms with Gasteiger partial charge in [-0.1, -0.05) is 84.8 Å². The minimum absolute atomic E-state index is 0.00919. The largest absolute Gasteiger partial charge is 0.388 e. The summed E-state index contributed by atoms with van der Waals surface area (Å²) in [6, 6.07) is 10.2. The molecule has 1 amide bonds. The fourth-order valence-electron chi connectivity index (χ4n) is 10.9. The zero-order valence-corrected chi connectivity index (χ0v) is 72.0. The van der Waals surface area contributed by atoms with Crippen molar-refractivity contribution >= 4 is 69.1 Å². The van der Waals surface area contributed by atoms with Crippen LogP contribution < -0.4 is 11.0 Å². The summed E-state index contributed by atoms with van der Waals surface area (Å²) in [5.41, 5.74) is 0.213. The molecule has 628 valence electrons. The van der Waals surface area contributed by atoms with E-state index < -0.39 is 106 Å². The van der Waals surface area contributed by atoms with E-state index in [0.29, 0.717) is 69.6 Å². The van der Waals surface area contributed by atoms with Crippen LogP contribution in [0.3, 0.4) is 0 Å². The lowest BCUT2D eigenvalue weighted by Gasteiger charge is -2.27. The number of ether oxygens (including phenoxy) is 14. The van der Waals surface area contributed by atoms with Gasteiger partial charge in [0.2, 0.25) is 6.54 Å². The van der Waals surface area contributed by atoms with Gasteiger partial charge in [0.15, 0.2) is 14.6 Å². The number of benzene rings is 1. The standard InChI is InChI=1S/C21H27N3O6.C14H25BNO5P.2C10H19BO4.C9H18ClN2P.C6H11BO3.C5H12O/c1-4-15-17(25)18(29-12-13(2)28-3)20(30-15)24-11-10-16(23-21(24)27)22-19(26)14-8-6-5-7-9-14;1-6-11-12(21-22(5)19-8-7-16-3)13(14(15)20-11)18-9-10(2)17-4;2*1-4-7-8(12)9(10(11)15-7)14-5-6(2)13-3;1-8(2)12-13(10,9(3)4)7-5-6-11;1-2-3-4(8)5(9)6(7)10-3;1-4-5(2)6-3/h5-11,13,15,17-18,20,25H,4,12H2,1-3H3,(H,22,23,26,27);10-14H,6-9H2,1-2,4-5H3;2*6-10,12H,4-5H2,1-3H3;8-9H,5,7H2,1-4H3;3-6,8-9H,2H2,1H3;5H,4H2,1-3H3/t13?,15-,17?,18+,20-;10?,11-,12?,13+,14-,22?;2*6?,7-,8?,9+,10-;;3-,4?,5+,6-;/m1111.1./s1. The summed E-state index contributed by atoms with van der Waals surface area (Å²) in [5, 5.41) is 59.6. The fraction of sp³-hybridized carbons (Fsp3) is 0.827. The number of nitrogens with zero attached hydrogens (tertiary/aromatic N) is 5. The molecule has 1 aromatic carbocycles. The van der Waals surface area contributed by atoms with Gasteiger partial charge in [-0.2, -0.15) is 10.2 Å². The Bertz CT molecular complexity index is 2950. The SMILES string of the molecule is CC(C)N=P(Cl)(CCC#N)C(C)C.CCC(C)OC.CC[C@H]1O[C@@H](n2ccc(NC(=O)c3ccccc3)nc2=O)[C@@H](OCC(C)OC)C1O.[B][C@@H]1O[C@H](CC)C(O)[C@@H]1O.[B][C@@H]1O[C@H](CC)C(O)[C@@H]1OCC(C)OC.[B][C@@H]1O[C@H](CC)C(O)[C@@H]1OCC(C)OC.[B][C@@H]1O[C@H](CC)C(OP(C)OCC[N+]#[C-])[C@@H]1OCC(C)OC. The Morgan fingerprint density at radius 1 is 0.622 bits per heavy atom. The Morgan fingerprint density at radius 2 is 1.04 bits per heavy atom. The van der Waals surface area contributed by atoms with Crippen molar-refractivity contribution in [3.05, 3.63) is 70.1 Å². The predicted octanol–water partition coefficient (Wildman–Crippen LogP) is 8.21. The number of carbonyl (C=O) groups is 1. The topological polar surface area (TPSA) is 353 Å². The van der Waals surface area contributed by atoms with Gasteiger partial charge in [-0.05, 0) is 105 Å². The molecule has 6 heterocycles. The highest BCUT2D eigenvalue weighted by Crippen LogP contribution is 2.60. The van der Waals surface area contributed by atoms with Crippen LogP contribution in [0.25, 0.3) is 4.85 Å². The fourth-order valence-corrected chi connectivity index (χ4v) is 14.8. The average molecular weight is 1630 g/mol. The molecule has 2 aromatic rings. The van der Waals surface area contributed by atoms with Crippen LogP contribution in [0.15, 0.2) is 52.1 Å². The molecule has 1 aromatic heterocycles. The van der Waals surface area contributed by atoms with Crippen LogP contribution in [0.4, 0.5) is 5.82 Å². The Hall–Kier alpha value is -3.08. The lowest BCUT2D eigenvalue weighted by molar-refractivity contribution is -0.0931. The summed E-state index contributed by atoms with van der Waals surface area (Å²) >= 11 is 6.44. The van der Waals surface area contributed by atoms with Gasteiger partial charge < -0.3 is 111 Å². The number of anilines is 1. The Labute approximate surface area is 673 Å². The van der Waals surface area contributed by atoms with Crippen LogP contribution in [0.5, 0.6) is 0 Å². The molecular weight excluding hydrogens is 1490 g/mol. The normalized spacial score (nSPS) is 30.0. The first kappa shape index (κ1) is 106. The van der Waals surface area contributed by atoms with Crippen LogP contribution in [0.1, 0.15) is 165 Å². The molecule has 0 saturated carbocycles. The third-order valence-electron chi connectivity index (χ3n) is 18.4. The first-order valence-electron chi connectivity index (χ1n) is 38.4. The molecule has 29 nitrogen and oxygen atoms in total. The van der Waals surface area contributed by atoms with Crippen LogP contribution in [-0.4, -0.2) is 318 Å². The quantitative estimate of drug-likeness (QED) is 0.0164. The van der Waals surface area contributed by atoms with Gasteiger partial charge in [0.1, 0.15) is 98.7 Å². The second-order valence-corrected chi connectivity index (χ2v) is 33.9. The molecular formula is C75H131B4ClN6O23P2. The number of nitrogens with one attached hydrogen (secondary N) is 1. The van der Waals surface area contributed by atoms with Crippen molar-refractivity contribution in [1.82, 2.24) is 9.55 Å². The van der Waals surface area contributed by atoms with Gasteiger partial charge in [-0.3, -0.25) is 14.1 Å². The summed E-state index contributed by atoms with van der Waals surface area (Å²) in [6.45, 7) is 40.4. The number of carbonyl (C=O) groups excluding carboxylic acids is 1. The van der Waals surface area contributed by atoms with Gasteiger partial charge in [0.05, 0.1) is 106 Å². The van der Waals surface area contributed by atoms with Gasteiger partial charge in [-0.15, -0.1) is 0 Å². The number of hydrogen-bond donors (Lipinski definition) is 6. The molecule has 27 atom stereocenters. The van der Waals surface area contributed by atoms with Crippen LogP contribution in [0, 0.1) is 17.9 Å². The number of amides is 1. The second kappa shape index (κ2) is 57.9. The highest BCUT2D eigenvalue weighted by Gasteiger charge is 2.47. The zero-order valence-electron chi connectivity index (χ0n) is 69.4. The first-order chi connectivity index (χ1) is 52.6. The molecule has 36 heteroatoms. The van der Waals surface area contributed by atoms with Crippen molar-refractivity contribution in [2.75, 3.05) is 93.3 Å². The molecule has 5 fully saturated rings. The van der Waals surface area contributed by atoms with E-state index in [1.165, 1.54) is 16.8 Å². The first-order valence-corrected chi connectivity index (χ1v) is 42.9. The van der Waals surface area contributed by atoms with Crippen LogP contribution in [0.2, 0.25) is 0 Å². The number of rotatable bonds is 35. The molecule has 0 spiro atoms. The smallest absolute Gasteiger partial charge is 0.351 e. The Balaban J connectivity index is 0.000000679. The zero-order chi connectivity index (χ0) is 84.3. The lowest BCUT2D eigenvalue weighted by Crippen LogP contribution is -2.39. The Kier molecular flexibility index (Phi) is 55.3. The summed E-state index contributed by atoms with van der Waals surface area (Å²) in [7, 11) is 29.8. The Morgan fingerprint density at radius 3 is 1.41 bits per heavy atom. The van der Waals surface area contributed by atoms with Crippen molar-refractivity contribution in [3.8, 4) is 6.07 Å². The molecule has 5 aliphatic heterocycles. The number of hydrogen-bond acceptors (Lipinski definition) is 26. The van der Waals surface area contributed by atoms with Crippen molar-refractivity contribution in [2.45, 2.75) is 313 Å². The van der Waals surface area contributed by atoms with E-state index in [4.69, 9.17) is 135 Å². The van der Waals surface area contributed by atoms with E-state index in [1.807, 2.05) is 88.9 Å². The molecule has 6 N–H and O–H groups in total. The van der Waals surface area contributed by atoms with Gasteiger partial charge in [-0.25, -0.2) is 11.4 Å². The average Bonchev–Trinajstić information content (AvgIpc) is 1.66. The van der Waals surface area contributed by atoms with Crippen LogP contribution >= 0.6 is 26.0 Å². The maximum atomic E-state index is 12.6. The number of methoxy groups -OCH3 is 5. The number of aliphatic hydroxyl groups excluding tert-OH is 5. The highest BCUT2D eigenvalue weighted by atomic mass is 35.7. The van der Waals surface area contributed by atoms with Crippen LogP contribution in [-0.2, 0) is 75.4 Å². The molecule has 5 aliphatic rings. The molecule has 8 radical (unpaired) electrons. The monoisotopic (exact) mass is 1620 g/mol. The van der Waals surface area contributed by atoms with Crippen molar-refractivity contribution < 1.29 is 106 Å². The van der Waals surface area contributed by atoms with Crippen molar-refractivity contribution in [2.24, 2.45) is 4.74 Å². The minimum atomic E-state index is -1.74. The number of nitriles is 1. The van der Waals surface area contributed by atoms with E-state index in [-0.39, 0.29) is 85.4 Å². The number of aliphatic hydroxyl groups is 5. The molecule has 5 saturated heterocycles. The van der Waals surface area contributed by atoms with Gasteiger partial charge in [0.25, 0.3) is 5.91 Å². The van der Waals surface area contributed by atoms with E-state index in [9.17, 15) is 30.0 Å². The third kappa shape index (κ3) is 37.6. The highest BCUT2D eigenvalue weighted by molar-refractivity contribution is 7.91. The summed E-state index contributed by atoms with van der Waals surface area (Å²) in [4.78, 5) is 32.1. The van der Waals surface area contributed by atoms with E-state index in [2.05, 4.69) is 53.7 Å². The van der Waals surface area contributed by atoms with Crippen molar-refractivity contribution in [1.29, 1.82) is 5.26 Å². The molecule has 0 bridgehead atoms. The maximum absolute atomic E-state index is 12.6. The van der Waals surface area contributed by atoms with E-state index >= 15 is 0 Å². The van der Waals surface area contributed by atoms with E-state index in [0.717, 1.165) is 31.8 Å². The lowest BCUT2D eigenvalue weighted by atomic mass is 9.92. The summed E-state index contributed by atoms with van der Waals surface area (Å²) < 4.78 is 92.7. The summed E-state index contributed by atoms with van der Waals surface area (Å²) in [5.74, 6) is -0.241. The van der Waals surface area contributed by atoms with Gasteiger partial charge >= 0.3 is 5.69 Å². The molecule has 111 heavy (non-hydrogen) atoms. The number of halogens is 1. The predicted molar refractivity (Wildman–Crippen MR) is 433 cm³/mol. The third-order valence-corrected chi connectivity index (χ3v) is 24.7. The molecule has 7 rings (SSSR count). The molecule has 0 aliphatic carbocycles. The van der Waals surface area contributed by atoms with Crippen molar-refractivity contribution in [3.63, 3.8) is 0 Å². The molecule has 12 unspecified atom stereocenters. The minimum Gasteiger partial charge on any atom is -0.388 e. The number of aromatic nitrogens is 2. The second-order valence-electron chi connectivity index (χ2n) is 27.7. The van der Waals surface area contributed by atoms with E-state index in [1.54, 1.807) is 59.8 Å².